The van der Waals surface area contributed by atoms with Crippen LogP contribution >= 0.6 is 0 Å². The first-order valence-electron chi connectivity index (χ1n) is 11.0. The summed E-state index contributed by atoms with van der Waals surface area (Å²) >= 11 is 0. The molecule has 1 saturated heterocycles. The van der Waals surface area contributed by atoms with Gasteiger partial charge in [-0.1, -0.05) is 13.8 Å². The van der Waals surface area contributed by atoms with Gasteiger partial charge in [0, 0.05) is 37.3 Å². The highest BCUT2D eigenvalue weighted by molar-refractivity contribution is 5.97. The zero-order chi connectivity index (χ0) is 23.0. The third kappa shape index (κ3) is 4.27. The van der Waals surface area contributed by atoms with E-state index in [1.165, 1.54) is 15.2 Å². The minimum Gasteiger partial charge on any atom is -0.492 e. The standard InChI is InChI=1S/C22H29N5O5/c1-13(2)12-26-20-16(6-7-17(28)25-8-10-32-11-9-25)14(3)24-27(20)22(31)18(21(26)30)19(29)23-15-4-5-15/h6-7,13,15,31H,4-5,8-12H2,1-3H3,(H,23,29). The van der Waals surface area contributed by atoms with Crippen LogP contribution in [0, 0.1) is 12.8 Å². The number of amides is 2. The molecule has 3 heterocycles. The number of aryl methyl sites for hydroxylation is 1. The number of hydrogen-bond acceptors (Lipinski definition) is 6. The molecule has 0 atom stereocenters. The number of morpholine rings is 1. The number of ether oxygens (including phenoxy) is 1. The van der Waals surface area contributed by atoms with Gasteiger partial charge in [0.25, 0.3) is 11.5 Å². The zero-order valence-corrected chi connectivity index (χ0v) is 18.6. The molecular weight excluding hydrogens is 414 g/mol. The molecule has 2 aromatic rings. The minimum atomic E-state index is -0.595. The van der Waals surface area contributed by atoms with E-state index >= 15 is 0 Å². The lowest BCUT2D eigenvalue weighted by molar-refractivity contribution is -0.129. The molecule has 0 spiro atoms. The number of fused-ring (bicyclic) bond motifs is 1. The average molecular weight is 444 g/mol. The van der Waals surface area contributed by atoms with Crippen molar-refractivity contribution in [3.05, 3.63) is 33.3 Å². The quantitative estimate of drug-likeness (QED) is 0.642. The molecule has 0 radical (unpaired) electrons. The topological polar surface area (TPSA) is 118 Å². The number of hydrogen-bond donors (Lipinski definition) is 2. The lowest BCUT2D eigenvalue weighted by atomic mass is 10.1. The van der Waals surface area contributed by atoms with Crippen LogP contribution in [0.4, 0.5) is 0 Å². The van der Waals surface area contributed by atoms with Crippen LogP contribution < -0.4 is 10.9 Å². The summed E-state index contributed by atoms with van der Waals surface area (Å²) in [4.78, 5) is 40.3. The average Bonchev–Trinajstić information content (AvgIpc) is 3.50. The first-order valence-corrected chi connectivity index (χ1v) is 11.0. The first kappa shape index (κ1) is 22.1. The van der Waals surface area contributed by atoms with E-state index in [1.807, 2.05) is 13.8 Å². The SMILES string of the molecule is Cc1nn2c(O)c(C(=O)NC3CC3)c(=O)n(CC(C)C)c2c1C=CC(=O)N1CCOCC1. The fourth-order valence-electron chi connectivity index (χ4n) is 3.82. The molecule has 32 heavy (non-hydrogen) atoms. The van der Waals surface area contributed by atoms with Crippen molar-refractivity contribution < 1.29 is 19.4 Å². The van der Waals surface area contributed by atoms with E-state index in [9.17, 15) is 19.5 Å². The van der Waals surface area contributed by atoms with Crippen LogP contribution in [0.2, 0.25) is 0 Å². The van der Waals surface area contributed by atoms with E-state index in [0.29, 0.717) is 49.8 Å². The smallest absolute Gasteiger partial charge is 0.270 e. The molecule has 0 unspecified atom stereocenters. The summed E-state index contributed by atoms with van der Waals surface area (Å²) < 4.78 is 7.97. The van der Waals surface area contributed by atoms with Crippen molar-refractivity contribution in [1.82, 2.24) is 24.4 Å². The highest BCUT2D eigenvalue weighted by Gasteiger charge is 2.30. The summed E-state index contributed by atoms with van der Waals surface area (Å²) in [5.74, 6) is -1.15. The fourth-order valence-corrected chi connectivity index (χ4v) is 3.82. The molecule has 1 saturated carbocycles. The minimum absolute atomic E-state index is 0.0413. The summed E-state index contributed by atoms with van der Waals surface area (Å²) in [5.41, 5.74) is 0.549. The summed E-state index contributed by atoms with van der Waals surface area (Å²) in [7, 11) is 0. The van der Waals surface area contributed by atoms with E-state index in [2.05, 4.69) is 10.4 Å². The molecule has 2 N–H and O–H groups in total. The third-order valence-corrected chi connectivity index (χ3v) is 5.62. The van der Waals surface area contributed by atoms with Crippen molar-refractivity contribution in [1.29, 1.82) is 0 Å². The summed E-state index contributed by atoms with van der Waals surface area (Å²) in [6, 6.07) is 0.0413. The van der Waals surface area contributed by atoms with Gasteiger partial charge in [-0.15, -0.1) is 0 Å². The number of aromatic hydroxyl groups is 1. The number of nitrogens with zero attached hydrogens (tertiary/aromatic N) is 4. The predicted molar refractivity (Wildman–Crippen MR) is 118 cm³/mol. The number of rotatable bonds is 6. The summed E-state index contributed by atoms with van der Waals surface area (Å²) in [5, 5.41) is 18.0. The lowest BCUT2D eigenvalue weighted by Gasteiger charge is -2.25. The second kappa shape index (κ2) is 8.78. The molecule has 0 aromatic carbocycles. The van der Waals surface area contributed by atoms with Gasteiger partial charge in [-0.3, -0.25) is 19.0 Å². The lowest BCUT2D eigenvalue weighted by Crippen LogP contribution is -2.39. The second-order valence-corrected chi connectivity index (χ2v) is 8.76. The van der Waals surface area contributed by atoms with Crippen molar-refractivity contribution in [2.45, 2.75) is 46.2 Å². The summed E-state index contributed by atoms with van der Waals surface area (Å²) in [6.07, 6.45) is 4.79. The van der Waals surface area contributed by atoms with Crippen LogP contribution in [0.5, 0.6) is 5.88 Å². The van der Waals surface area contributed by atoms with Gasteiger partial charge < -0.3 is 20.1 Å². The number of nitrogens with one attached hydrogen (secondary N) is 1. The van der Waals surface area contributed by atoms with Gasteiger partial charge in [-0.2, -0.15) is 9.61 Å². The molecule has 10 heteroatoms. The van der Waals surface area contributed by atoms with Crippen LogP contribution in [0.25, 0.3) is 11.7 Å². The molecule has 2 fully saturated rings. The Balaban J connectivity index is 1.81. The fraction of sp³-hybridized carbons (Fsp3) is 0.545. The van der Waals surface area contributed by atoms with E-state index in [-0.39, 0.29) is 23.4 Å². The van der Waals surface area contributed by atoms with Gasteiger partial charge in [0.1, 0.15) is 5.65 Å². The van der Waals surface area contributed by atoms with Crippen molar-refractivity contribution >= 4 is 23.5 Å². The monoisotopic (exact) mass is 443 g/mol. The highest BCUT2D eigenvalue weighted by atomic mass is 16.5. The zero-order valence-electron chi connectivity index (χ0n) is 18.6. The molecule has 10 nitrogen and oxygen atoms in total. The predicted octanol–water partition coefficient (Wildman–Crippen LogP) is 0.930. The van der Waals surface area contributed by atoms with Gasteiger partial charge in [0.2, 0.25) is 11.8 Å². The number of aromatic nitrogens is 3. The van der Waals surface area contributed by atoms with E-state index in [4.69, 9.17) is 4.74 Å². The molecule has 2 amide bonds. The van der Waals surface area contributed by atoms with Crippen LogP contribution in [-0.2, 0) is 16.1 Å². The van der Waals surface area contributed by atoms with Crippen molar-refractivity contribution in [3.8, 4) is 5.88 Å². The van der Waals surface area contributed by atoms with Crippen LogP contribution in [0.15, 0.2) is 10.9 Å². The summed E-state index contributed by atoms with van der Waals surface area (Å²) in [6.45, 7) is 8.03. The van der Waals surface area contributed by atoms with Crippen LogP contribution in [-0.4, -0.2) is 68.3 Å². The molecule has 4 rings (SSSR count). The molecule has 1 aliphatic carbocycles. The first-order chi connectivity index (χ1) is 15.3. The Kier molecular flexibility index (Phi) is 6.05. The Hall–Kier alpha value is -3.14. The van der Waals surface area contributed by atoms with Crippen LogP contribution in [0.1, 0.15) is 48.3 Å². The maximum absolute atomic E-state index is 13.3. The van der Waals surface area contributed by atoms with Gasteiger partial charge in [-0.05, 0) is 31.8 Å². The number of carbonyl (C=O) groups excluding carboxylic acids is 2. The Labute approximate surface area is 185 Å². The Morgan fingerprint density at radius 3 is 2.59 bits per heavy atom. The normalized spacial score (nSPS) is 16.9. The molecule has 0 bridgehead atoms. The van der Waals surface area contributed by atoms with E-state index < -0.39 is 17.3 Å². The van der Waals surface area contributed by atoms with Gasteiger partial charge >= 0.3 is 0 Å². The molecule has 172 valence electrons. The number of carbonyl (C=O) groups is 2. The van der Waals surface area contributed by atoms with Gasteiger partial charge in [0.15, 0.2) is 5.56 Å². The largest absolute Gasteiger partial charge is 0.492 e. The third-order valence-electron chi connectivity index (χ3n) is 5.62. The van der Waals surface area contributed by atoms with Crippen molar-refractivity contribution in [2.75, 3.05) is 26.3 Å². The Morgan fingerprint density at radius 1 is 1.28 bits per heavy atom. The maximum atomic E-state index is 13.3. The molecular formula is C22H29N5O5. The van der Waals surface area contributed by atoms with E-state index in [0.717, 1.165) is 12.8 Å². The van der Waals surface area contributed by atoms with Crippen molar-refractivity contribution in [3.63, 3.8) is 0 Å². The second-order valence-electron chi connectivity index (χ2n) is 8.76. The van der Waals surface area contributed by atoms with Crippen LogP contribution in [0.3, 0.4) is 0 Å². The van der Waals surface area contributed by atoms with E-state index in [1.54, 1.807) is 17.9 Å². The highest BCUT2D eigenvalue weighted by Crippen LogP contribution is 2.25. The van der Waals surface area contributed by atoms with Gasteiger partial charge in [0.05, 0.1) is 18.9 Å². The Morgan fingerprint density at radius 2 is 1.97 bits per heavy atom. The molecule has 2 aromatic heterocycles. The van der Waals surface area contributed by atoms with Crippen molar-refractivity contribution in [2.24, 2.45) is 5.92 Å². The van der Waals surface area contributed by atoms with Gasteiger partial charge in [-0.25, -0.2) is 0 Å². The maximum Gasteiger partial charge on any atom is 0.270 e. The molecule has 1 aliphatic heterocycles. The Bertz CT molecular complexity index is 1140. The molecule has 2 aliphatic rings.